The van der Waals surface area contributed by atoms with Crippen LogP contribution in [0.5, 0.6) is 0 Å². The highest BCUT2D eigenvalue weighted by molar-refractivity contribution is 14.0. The normalized spacial score (nSPS) is 20.5. The number of nitrogens with two attached hydrogens (primary N) is 1. The molecule has 2 N–H and O–H groups in total. The Balaban J connectivity index is 0.00000208. The summed E-state index contributed by atoms with van der Waals surface area (Å²) in [5.74, 6) is 0.839. The second-order valence-electron chi connectivity index (χ2n) is 5.98. The highest BCUT2D eigenvalue weighted by Gasteiger charge is 2.63. The van der Waals surface area contributed by atoms with Crippen molar-refractivity contribution >= 4 is 35.9 Å². The average Bonchev–Trinajstić information content (AvgIpc) is 3.35. The van der Waals surface area contributed by atoms with Crippen LogP contribution < -0.4 is 10.6 Å². The van der Waals surface area contributed by atoms with E-state index >= 15 is 0 Å². The van der Waals surface area contributed by atoms with Gasteiger partial charge in [0, 0.05) is 38.6 Å². The summed E-state index contributed by atoms with van der Waals surface area (Å²) >= 11 is 0. The molecule has 134 valence electrons. The highest BCUT2D eigenvalue weighted by Crippen LogP contribution is 2.57. The van der Waals surface area contributed by atoms with Crippen LogP contribution in [0.15, 0.2) is 23.5 Å². The van der Waals surface area contributed by atoms with Gasteiger partial charge < -0.3 is 15.5 Å². The van der Waals surface area contributed by atoms with E-state index in [0.29, 0.717) is 32.1 Å². The molecule has 24 heavy (non-hydrogen) atoms. The van der Waals surface area contributed by atoms with Gasteiger partial charge >= 0.3 is 6.18 Å². The van der Waals surface area contributed by atoms with Crippen molar-refractivity contribution in [3.63, 3.8) is 0 Å². The van der Waals surface area contributed by atoms with Crippen molar-refractivity contribution < 1.29 is 13.2 Å². The molecule has 0 bridgehead atoms. The molecular formula is C14H20F3IN6. The number of aliphatic imine (C=N–C) groups is 1. The Bertz CT molecular complexity index is 568. The van der Waals surface area contributed by atoms with E-state index in [1.165, 1.54) is 0 Å². The van der Waals surface area contributed by atoms with Crippen LogP contribution in [-0.2, 0) is 0 Å². The van der Waals surface area contributed by atoms with Gasteiger partial charge in [0.2, 0.25) is 5.95 Å². The molecular weight excluding hydrogens is 436 g/mol. The van der Waals surface area contributed by atoms with Crippen LogP contribution in [0.3, 0.4) is 0 Å². The van der Waals surface area contributed by atoms with Crippen LogP contribution in [-0.4, -0.2) is 59.7 Å². The summed E-state index contributed by atoms with van der Waals surface area (Å²) in [6.45, 7) is 2.22. The number of aromatic nitrogens is 2. The molecule has 6 nitrogen and oxygen atoms in total. The number of anilines is 1. The smallest absolute Gasteiger partial charge is 0.370 e. The third kappa shape index (κ3) is 4.01. The number of guanidine groups is 1. The van der Waals surface area contributed by atoms with E-state index in [1.54, 1.807) is 18.5 Å². The first-order valence-corrected chi connectivity index (χ1v) is 7.55. The molecule has 1 saturated heterocycles. The first kappa shape index (κ1) is 19.0. The molecule has 1 aliphatic carbocycles. The van der Waals surface area contributed by atoms with Gasteiger partial charge in [-0.3, -0.25) is 4.99 Å². The molecule has 3 rings (SSSR count). The van der Waals surface area contributed by atoms with Crippen molar-refractivity contribution in [1.82, 2.24) is 14.9 Å². The van der Waals surface area contributed by atoms with E-state index in [2.05, 4.69) is 15.0 Å². The molecule has 0 radical (unpaired) electrons. The molecule has 2 heterocycles. The minimum absolute atomic E-state index is 0. The fourth-order valence-electron chi connectivity index (χ4n) is 2.60. The third-order valence-corrected chi connectivity index (χ3v) is 4.44. The number of alkyl halides is 3. The standard InChI is InChI=1S/C14H19F3N6.HI/c15-14(16,17)13(2-3-13)10-21-11(18)22-6-8-23(9-7-22)12-19-4-1-5-20-12;/h1,4-5H,2-3,6-10H2,(H2,18,21);1H. The molecule has 1 saturated carbocycles. The summed E-state index contributed by atoms with van der Waals surface area (Å²) < 4.78 is 38.6. The lowest BCUT2D eigenvalue weighted by Crippen LogP contribution is -2.51. The van der Waals surface area contributed by atoms with Crippen molar-refractivity contribution in [1.29, 1.82) is 0 Å². The van der Waals surface area contributed by atoms with E-state index in [4.69, 9.17) is 5.73 Å². The van der Waals surface area contributed by atoms with E-state index in [-0.39, 0.29) is 49.3 Å². The second-order valence-corrected chi connectivity index (χ2v) is 5.98. The SMILES string of the molecule is I.NC(=NCC1(C(F)(F)F)CC1)N1CCN(c2ncccn2)CC1. The number of hydrogen-bond acceptors (Lipinski definition) is 4. The van der Waals surface area contributed by atoms with Gasteiger partial charge in [-0.2, -0.15) is 13.2 Å². The molecule has 0 atom stereocenters. The van der Waals surface area contributed by atoms with Crippen LogP contribution >= 0.6 is 24.0 Å². The Morgan fingerprint density at radius 2 is 1.75 bits per heavy atom. The fraction of sp³-hybridized carbons (Fsp3) is 0.643. The summed E-state index contributed by atoms with van der Waals surface area (Å²) in [4.78, 5) is 16.2. The minimum Gasteiger partial charge on any atom is -0.370 e. The van der Waals surface area contributed by atoms with Gasteiger partial charge in [0.1, 0.15) is 0 Å². The maximum absolute atomic E-state index is 12.9. The van der Waals surface area contributed by atoms with E-state index < -0.39 is 11.6 Å². The van der Waals surface area contributed by atoms with Crippen molar-refractivity contribution in [2.45, 2.75) is 19.0 Å². The highest BCUT2D eigenvalue weighted by atomic mass is 127. The van der Waals surface area contributed by atoms with Crippen LogP contribution in [0.25, 0.3) is 0 Å². The monoisotopic (exact) mass is 456 g/mol. The van der Waals surface area contributed by atoms with Gasteiger partial charge in [0.05, 0.1) is 12.0 Å². The Morgan fingerprint density at radius 3 is 2.25 bits per heavy atom. The Morgan fingerprint density at radius 1 is 1.17 bits per heavy atom. The predicted octanol–water partition coefficient (Wildman–Crippen LogP) is 1.87. The molecule has 2 fully saturated rings. The van der Waals surface area contributed by atoms with Crippen molar-refractivity contribution in [2.24, 2.45) is 16.1 Å². The summed E-state index contributed by atoms with van der Waals surface area (Å²) in [6.07, 6.45) is -0.549. The van der Waals surface area contributed by atoms with Gasteiger partial charge in [-0.15, -0.1) is 24.0 Å². The quantitative estimate of drug-likeness (QED) is 0.428. The van der Waals surface area contributed by atoms with Crippen molar-refractivity contribution in [3.05, 3.63) is 18.5 Å². The number of rotatable bonds is 3. The van der Waals surface area contributed by atoms with Gasteiger partial charge in [-0.25, -0.2) is 9.97 Å². The van der Waals surface area contributed by atoms with Gasteiger partial charge in [-0.05, 0) is 18.9 Å². The van der Waals surface area contributed by atoms with Crippen LogP contribution in [0.1, 0.15) is 12.8 Å². The molecule has 0 unspecified atom stereocenters. The number of piperazine rings is 1. The summed E-state index contributed by atoms with van der Waals surface area (Å²) in [5, 5.41) is 0. The zero-order valence-electron chi connectivity index (χ0n) is 13.0. The molecule has 10 heteroatoms. The Hall–Kier alpha value is -1.33. The molecule has 2 aliphatic rings. The zero-order valence-corrected chi connectivity index (χ0v) is 15.4. The summed E-state index contributed by atoms with van der Waals surface area (Å²) in [5.41, 5.74) is 4.23. The summed E-state index contributed by atoms with van der Waals surface area (Å²) in [6, 6.07) is 1.75. The first-order chi connectivity index (χ1) is 10.9. The molecule has 0 amide bonds. The third-order valence-electron chi connectivity index (χ3n) is 4.44. The predicted molar refractivity (Wildman–Crippen MR) is 95.4 cm³/mol. The Kier molecular flexibility index (Phi) is 5.76. The van der Waals surface area contributed by atoms with Gasteiger partial charge in [-0.1, -0.05) is 0 Å². The van der Waals surface area contributed by atoms with E-state index in [0.717, 1.165) is 0 Å². The van der Waals surface area contributed by atoms with Crippen molar-refractivity contribution in [3.8, 4) is 0 Å². The molecule has 1 aromatic heterocycles. The lowest BCUT2D eigenvalue weighted by molar-refractivity contribution is -0.183. The largest absolute Gasteiger partial charge is 0.396 e. The second kappa shape index (κ2) is 7.28. The molecule has 1 aromatic rings. The maximum atomic E-state index is 12.9. The first-order valence-electron chi connectivity index (χ1n) is 7.55. The Labute approximate surface area is 155 Å². The summed E-state index contributed by atoms with van der Waals surface area (Å²) in [7, 11) is 0. The number of nitrogens with zero attached hydrogens (tertiary/aromatic N) is 5. The van der Waals surface area contributed by atoms with Crippen molar-refractivity contribution in [2.75, 3.05) is 37.6 Å². The fourth-order valence-corrected chi connectivity index (χ4v) is 2.60. The van der Waals surface area contributed by atoms with E-state index in [1.807, 2.05) is 9.80 Å². The minimum atomic E-state index is -4.19. The lowest BCUT2D eigenvalue weighted by Gasteiger charge is -2.35. The lowest BCUT2D eigenvalue weighted by atomic mass is 10.1. The van der Waals surface area contributed by atoms with E-state index in [9.17, 15) is 13.2 Å². The average molecular weight is 456 g/mol. The molecule has 1 aliphatic heterocycles. The maximum Gasteiger partial charge on any atom is 0.396 e. The number of halogens is 4. The van der Waals surface area contributed by atoms with Crippen LogP contribution in [0, 0.1) is 5.41 Å². The molecule has 0 aromatic carbocycles. The van der Waals surface area contributed by atoms with Gasteiger partial charge in [0.25, 0.3) is 0 Å². The van der Waals surface area contributed by atoms with Crippen LogP contribution in [0.2, 0.25) is 0 Å². The number of hydrogen-bond donors (Lipinski definition) is 1. The van der Waals surface area contributed by atoms with Gasteiger partial charge in [0.15, 0.2) is 5.96 Å². The zero-order chi connectivity index (χ0) is 16.5. The van der Waals surface area contributed by atoms with Crippen LogP contribution in [0.4, 0.5) is 19.1 Å². The topological polar surface area (TPSA) is 70.6 Å². The molecule has 0 spiro atoms.